The van der Waals surface area contributed by atoms with Gasteiger partial charge in [0.2, 0.25) is 5.82 Å². The Morgan fingerprint density at radius 2 is 2.10 bits per heavy atom. The zero-order valence-electron chi connectivity index (χ0n) is 11.4. The molecule has 0 aromatic carbocycles. The zero-order valence-corrected chi connectivity index (χ0v) is 11.4. The van der Waals surface area contributed by atoms with Crippen LogP contribution in [0.3, 0.4) is 0 Å². The van der Waals surface area contributed by atoms with Crippen LogP contribution in [-0.4, -0.2) is 45.9 Å². The highest BCUT2D eigenvalue weighted by atomic mass is 19.3. The Kier molecular flexibility index (Phi) is 3.59. The van der Waals surface area contributed by atoms with Gasteiger partial charge in [0.15, 0.2) is 0 Å². The van der Waals surface area contributed by atoms with E-state index in [2.05, 4.69) is 10.3 Å². The summed E-state index contributed by atoms with van der Waals surface area (Å²) >= 11 is 0. The monoisotopic (exact) mass is 294 g/mol. The van der Waals surface area contributed by atoms with Crippen molar-refractivity contribution in [2.45, 2.75) is 18.8 Å². The summed E-state index contributed by atoms with van der Waals surface area (Å²) in [7, 11) is 0. The molecular weight excluding hydrogens is 278 g/mol. The van der Waals surface area contributed by atoms with E-state index in [4.69, 9.17) is 0 Å². The fourth-order valence-electron chi connectivity index (χ4n) is 2.41. The highest BCUT2D eigenvalue weighted by molar-refractivity contribution is 5.91. The van der Waals surface area contributed by atoms with Crippen LogP contribution < -0.4 is 5.32 Å². The van der Waals surface area contributed by atoms with Crippen molar-refractivity contribution in [2.24, 2.45) is 0 Å². The smallest absolute Gasteiger partial charge is 0.288 e. The lowest BCUT2D eigenvalue weighted by Gasteiger charge is -2.31. The van der Waals surface area contributed by atoms with Crippen molar-refractivity contribution in [2.75, 3.05) is 19.8 Å². The van der Waals surface area contributed by atoms with Crippen molar-refractivity contribution in [3.05, 3.63) is 36.4 Å². The van der Waals surface area contributed by atoms with Gasteiger partial charge in [0, 0.05) is 32.1 Å². The molecule has 0 spiro atoms. The first-order chi connectivity index (χ1) is 10.1. The van der Waals surface area contributed by atoms with E-state index in [0.29, 0.717) is 5.82 Å². The molecular formula is C14H16F2N4O. The van der Waals surface area contributed by atoms with Gasteiger partial charge in [-0.1, -0.05) is 6.07 Å². The first kappa shape index (κ1) is 13.9. The molecule has 5 nitrogen and oxygen atoms in total. The largest absolute Gasteiger partial charge is 0.337 e. The molecule has 1 saturated heterocycles. The number of hydrogen-bond donors (Lipinski definition) is 1. The average molecular weight is 294 g/mol. The number of rotatable bonds is 3. The highest BCUT2D eigenvalue weighted by Crippen LogP contribution is 2.27. The summed E-state index contributed by atoms with van der Waals surface area (Å²) in [4.78, 5) is 18.0. The summed E-state index contributed by atoms with van der Waals surface area (Å²) in [6.07, 6.45) is 3.07. The van der Waals surface area contributed by atoms with Crippen LogP contribution in [0.25, 0.3) is 5.52 Å². The van der Waals surface area contributed by atoms with Crippen LogP contribution in [0.5, 0.6) is 0 Å². The first-order valence-electron chi connectivity index (χ1n) is 6.86. The number of pyridine rings is 1. The molecule has 3 heterocycles. The van der Waals surface area contributed by atoms with Crippen LogP contribution in [0.2, 0.25) is 0 Å². The SMILES string of the molecule is O=C(NCN1CCC(F)(F)CC1)c1ncc2ccccn12. The Morgan fingerprint density at radius 3 is 2.86 bits per heavy atom. The second-order valence-corrected chi connectivity index (χ2v) is 5.22. The minimum atomic E-state index is -2.57. The van der Waals surface area contributed by atoms with Crippen molar-refractivity contribution in [1.29, 1.82) is 0 Å². The van der Waals surface area contributed by atoms with Gasteiger partial charge < -0.3 is 5.32 Å². The molecule has 1 aliphatic heterocycles. The number of likely N-dealkylation sites (tertiary alicyclic amines) is 1. The number of nitrogens with one attached hydrogen (secondary N) is 1. The third kappa shape index (κ3) is 3.02. The number of halogens is 2. The standard InChI is InChI=1S/C14H16F2N4O/c15-14(16)4-7-19(8-5-14)10-18-13(21)12-17-9-11-3-1-2-6-20(11)12/h1-3,6,9H,4-5,7-8,10H2,(H,18,21). The van der Waals surface area contributed by atoms with Gasteiger partial charge in [-0.3, -0.25) is 14.1 Å². The molecule has 0 atom stereocenters. The third-order valence-corrected chi connectivity index (χ3v) is 3.69. The molecule has 0 unspecified atom stereocenters. The van der Waals surface area contributed by atoms with Gasteiger partial charge in [-0.05, 0) is 12.1 Å². The summed E-state index contributed by atoms with van der Waals surface area (Å²) in [6, 6.07) is 5.54. The Bertz CT molecular complexity index is 645. The number of piperidine rings is 1. The van der Waals surface area contributed by atoms with Gasteiger partial charge in [0.25, 0.3) is 11.8 Å². The quantitative estimate of drug-likeness (QED) is 0.938. The minimum Gasteiger partial charge on any atom is -0.337 e. The number of carbonyl (C=O) groups excluding carboxylic acids is 1. The molecule has 1 amide bonds. The molecule has 21 heavy (non-hydrogen) atoms. The molecule has 0 radical (unpaired) electrons. The molecule has 0 saturated carbocycles. The predicted octanol–water partition coefficient (Wildman–Crippen LogP) is 1.75. The molecule has 1 aliphatic rings. The van der Waals surface area contributed by atoms with Crippen molar-refractivity contribution < 1.29 is 13.6 Å². The van der Waals surface area contributed by atoms with E-state index in [1.54, 1.807) is 16.8 Å². The number of amides is 1. The predicted molar refractivity (Wildman–Crippen MR) is 73.3 cm³/mol. The van der Waals surface area contributed by atoms with E-state index in [1.165, 1.54) is 0 Å². The molecule has 0 bridgehead atoms. The van der Waals surface area contributed by atoms with Gasteiger partial charge in [-0.15, -0.1) is 0 Å². The Balaban J connectivity index is 1.60. The number of alkyl halides is 2. The molecule has 112 valence electrons. The zero-order chi connectivity index (χ0) is 14.9. The Hall–Kier alpha value is -2.02. The second kappa shape index (κ2) is 5.40. The molecule has 3 rings (SSSR count). The number of fused-ring (bicyclic) bond motifs is 1. The molecule has 2 aromatic heterocycles. The van der Waals surface area contributed by atoms with Gasteiger partial charge in [0.05, 0.1) is 18.4 Å². The molecule has 1 N–H and O–H groups in total. The van der Waals surface area contributed by atoms with E-state index in [-0.39, 0.29) is 38.5 Å². The van der Waals surface area contributed by atoms with Crippen molar-refractivity contribution in [3.8, 4) is 0 Å². The van der Waals surface area contributed by atoms with Crippen molar-refractivity contribution >= 4 is 11.4 Å². The van der Waals surface area contributed by atoms with Crippen LogP contribution in [0.15, 0.2) is 30.6 Å². The van der Waals surface area contributed by atoms with Crippen LogP contribution in [-0.2, 0) is 0 Å². The number of aromatic nitrogens is 2. The van der Waals surface area contributed by atoms with Gasteiger partial charge in [0.1, 0.15) is 0 Å². The molecule has 2 aromatic rings. The van der Waals surface area contributed by atoms with E-state index < -0.39 is 5.92 Å². The van der Waals surface area contributed by atoms with Crippen LogP contribution in [0.1, 0.15) is 23.5 Å². The normalized spacial score (nSPS) is 18.8. The summed E-state index contributed by atoms with van der Waals surface area (Å²) in [5.74, 6) is -2.58. The van der Waals surface area contributed by atoms with Gasteiger partial charge >= 0.3 is 0 Å². The third-order valence-electron chi connectivity index (χ3n) is 3.69. The summed E-state index contributed by atoms with van der Waals surface area (Å²) in [5, 5.41) is 2.73. The lowest BCUT2D eigenvalue weighted by Crippen LogP contribution is -2.45. The fraction of sp³-hybridized carbons (Fsp3) is 0.429. The van der Waals surface area contributed by atoms with E-state index >= 15 is 0 Å². The summed E-state index contributed by atoms with van der Waals surface area (Å²) in [5.41, 5.74) is 0.834. The minimum absolute atomic E-state index is 0.158. The number of hydrogen-bond acceptors (Lipinski definition) is 3. The molecule has 0 aliphatic carbocycles. The lowest BCUT2D eigenvalue weighted by molar-refractivity contribution is -0.0557. The molecule has 1 fully saturated rings. The molecule has 7 heteroatoms. The van der Waals surface area contributed by atoms with Crippen LogP contribution >= 0.6 is 0 Å². The van der Waals surface area contributed by atoms with Crippen molar-refractivity contribution in [1.82, 2.24) is 19.6 Å². The number of imidazole rings is 1. The van der Waals surface area contributed by atoms with E-state index in [1.807, 2.05) is 23.1 Å². The Labute approximate surface area is 120 Å². The average Bonchev–Trinajstić information content (AvgIpc) is 2.90. The van der Waals surface area contributed by atoms with Crippen LogP contribution in [0, 0.1) is 0 Å². The topological polar surface area (TPSA) is 49.6 Å². The first-order valence-corrected chi connectivity index (χ1v) is 6.86. The maximum atomic E-state index is 13.0. The maximum Gasteiger partial charge on any atom is 0.288 e. The highest BCUT2D eigenvalue weighted by Gasteiger charge is 2.33. The van der Waals surface area contributed by atoms with E-state index in [0.717, 1.165) is 5.52 Å². The number of carbonyl (C=O) groups is 1. The van der Waals surface area contributed by atoms with Gasteiger partial charge in [-0.25, -0.2) is 13.8 Å². The van der Waals surface area contributed by atoms with Crippen LogP contribution in [0.4, 0.5) is 8.78 Å². The second-order valence-electron chi connectivity index (χ2n) is 5.22. The summed E-state index contributed by atoms with van der Waals surface area (Å²) in [6.45, 7) is 0.835. The van der Waals surface area contributed by atoms with E-state index in [9.17, 15) is 13.6 Å². The fourth-order valence-corrected chi connectivity index (χ4v) is 2.41. The Morgan fingerprint density at radius 1 is 1.33 bits per heavy atom. The lowest BCUT2D eigenvalue weighted by atomic mass is 10.1. The summed E-state index contributed by atoms with van der Waals surface area (Å²) < 4.78 is 27.8. The van der Waals surface area contributed by atoms with Crippen molar-refractivity contribution in [3.63, 3.8) is 0 Å². The van der Waals surface area contributed by atoms with Gasteiger partial charge in [-0.2, -0.15) is 0 Å². The maximum absolute atomic E-state index is 13.0. The number of nitrogens with zero attached hydrogens (tertiary/aromatic N) is 3.